The maximum Gasteiger partial charge on any atom is 0.409 e. The van der Waals surface area contributed by atoms with Crippen LogP contribution >= 0.6 is 19.5 Å². The molecule has 18 heavy (non-hydrogen) atoms. The minimum absolute atomic E-state index is 0.0891. The van der Waals surface area contributed by atoms with Crippen LogP contribution in [0.3, 0.4) is 0 Å². The van der Waals surface area contributed by atoms with Gasteiger partial charge in [-0.25, -0.2) is 4.57 Å². The summed E-state index contributed by atoms with van der Waals surface area (Å²) in [5.41, 5.74) is 0. The monoisotopic (exact) mass is 293 g/mol. The summed E-state index contributed by atoms with van der Waals surface area (Å²) in [6, 6.07) is -0.302. The molecule has 0 amide bonds. The highest BCUT2D eigenvalue weighted by molar-refractivity contribution is 8.14. The Morgan fingerprint density at radius 1 is 1.28 bits per heavy atom. The van der Waals surface area contributed by atoms with Crippen molar-refractivity contribution in [2.75, 3.05) is 6.54 Å². The van der Waals surface area contributed by atoms with Gasteiger partial charge in [0.2, 0.25) is 5.12 Å². The molecule has 2 saturated heterocycles. The summed E-state index contributed by atoms with van der Waals surface area (Å²) in [5, 5.41) is 0.327. The molecule has 2 atom stereocenters. The van der Waals surface area contributed by atoms with Gasteiger partial charge in [0.1, 0.15) is 0 Å². The van der Waals surface area contributed by atoms with Gasteiger partial charge in [-0.2, -0.15) is 4.67 Å². The molecule has 0 aromatic carbocycles. The van der Waals surface area contributed by atoms with Crippen LogP contribution in [0, 0.1) is 0 Å². The molecule has 0 aromatic heterocycles. The van der Waals surface area contributed by atoms with Crippen molar-refractivity contribution in [2.24, 2.45) is 0 Å². The summed E-state index contributed by atoms with van der Waals surface area (Å²) < 4.78 is 25.6. The second kappa shape index (κ2) is 5.25. The molecule has 2 heterocycles. The van der Waals surface area contributed by atoms with Crippen molar-refractivity contribution in [3.05, 3.63) is 0 Å². The van der Waals surface area contributed by atoms with E-state index in [1.807, 2.05) is 27.7 Å². The molecule has 0 aliphatic carbocycles. The van der Waals surface area contributed by atoms with Gasteiger partial charge >= 0.3 is 7.75 Å². The van der Waals surface area contributed by atoms with Crippen LogP contribution in [-0.4, -0.2) is 39.8 Å². The van der Waals surface area contributed by atoms with E-state index >= 15 is 0 Å². The lowest BCUT2D eigenvalue weighted by molar-refractivity contribution is -0.114. The average molecular weight is 293 g/mol. The van der Waals surface area contributed by atoms with Crippen LogP contribution in [-0.2, 0) is 18.4 Å². The quantitative estimate of drug-likeness (QED) is 0.726. The number of carbonyl (C=O) groups is 1. The lowest BCUT2D eigenvalue weighted by Gasteiger charge is -2.33. The summed E-state index contributed by atoms with van der Waals surface area (Å²) in [6.45, 7) is 7.89. The SMILES string of the molecule is CC(C)OP(=O)(OC(C)C)N1CC2CC1C(=O)S2. The molecular formula is C11H20NO4PS. The zero-order valence-corrected chi connectivity index (χ0v) is 12.9. The minimum atomic E-state index is -3.36. The van der Waals surface area contributed by atoms with E-state index in [4.69, 9.17) is 9.05 Å². The molecule has 0 N–H and O–H groups in total. The van der Waals surface area contributed by atoms with Crippen molar-refractivity contribution in [1.82, 2.24) is 4.67 Å². The first kappa shape index (κ1) is 14.5. The van der Waals surface area contributed by atoms with E-state index in [2.05, 4.69) is 0 Å². The summed E-state index contributed by atoms with van der Waals surface area (Å²) in [5.74, 6) is 0. The average Bonchev–Trinajstić information content (AvgIpc) is 2.72. The molecule has 104 valence electrons. The maximum atomic E-state index is 12.9. The molecule has 0 aromatic rings. The van der Waals surface area contributed by atoms with Crippen molar-refractivity contribution in [2.45, 2.75) is 57.6 Å². The summed E-state index contributed by atoms with van der Waals surface area (Å²) in [6.07, 6.45) is 0.365. The number of carbonyl (C=O) groups excluding carboxylic acids is 1. The molecule has 2 aliphatic heterocycles. The molecule has 0 radical (unpaired) electrons. The molecule has 7 heteroatoms. The number of rotatable bonds is 5. The summed E-state index contributed by atoms with van der Waals surface area (Å²) >= 11 is 1.36. The van der Waals surface area contributed by atoms with Gasteiger partial charge in [-0.05, 0) is 34.1 Å². The number of hydrogen-bond acceptors (Lipinski definition) is 5. The van der Waals surface area contributed by atoms with E-state index < -0.39 is 7.75 Å². The van der Waals surface area contributed by atoms with Gasteiger partial charge in [-0.15, -0.1) is 0 Å². The molecule has 2 aliphatic rings. The van der Waals surface area contributed by atoms with Crippen molar-refractivity contribution in [1.29, 1.82) is 0 Å². The third-order valence-corrected chi connectivity index (χ3v) is 6.42. The molecule has 2 bridgehead atoms. The van der Waals surface area contributed by atoms with Gasteiger partial charge in [0, 0.05) is 11.8 Å². The van der Waals surface area contributed by atoms with Crippen LogP contribution in [0.15, 0.2) is 0 Å². The predicted octanol–water partition coefficient (Wildman–Crippen LogP) is 2.66. The standard InChI is InChI=1S/C11H20NO4PS/c1-7(2)15-17(14,16-8(3)4)12-6-9-5-10(12)11(13)18-9/h7-10H,5-6H2,1-4H3. The summed E-state index contributed by atoms with van der Waals surface area (Å²) in [4.78, 5) is 11.8. The fourth-order valence-corrected chi connectivity index (χ4v) is 5.98. The van der Waals surface area contributed by atoms with E-state index in [0.717, 1.165) is 6.42 Å². The molecule has 0 spiro atoms. The molecule has 2 rings (SSSR count). The van der Waals surface area contributed by atoms with Crippen LogP contribution in [0.5, 0.6) is 0 Å². The lowest BCUT2D eigenvalue weighted by atomic mass is 10.2. The highest BCUT2D eigenvalue weighted by atomic mass is 32.2. The molecule has 5 nitrogen and oxygen atoms in total. The van der Waals surface area contributed by atoms with Crippen LogP contribution < -0.4 is 0 Å². The Morgan fingerprint density at radius 2 is 1.83 bits per heavy atom. The normalized spacial score (nSPS) is 28.9. The Hall–Kier alpha value is 0.130. The molecule has 2 fully saturated rings. The number of hydrogen-bond donors (Lipinski definition) is 0. The van der Waals surface area contributed by atoms with Gasteiger partial charge in [-0.1, -0.05) is 11.8 Å². The van der Waals surface area contributed by atoms with E-state index in [1.165, 1.54) is 11.8 Å². The van der Waals surface area contributed by atoms with Gasteiger partial charge in [0.15, 0.2) is 0 Å². The van der Waals surface area contributed by atoms with Gasteiger partial charge < -0.3 is 0 Å². The Kier molecular flexibility index (Phi) is 4.24. The smallest absolute Gasteiger partial charge is 0.294 e. The van der Waals surface area contributed by atoms with E-state index in [9.17, 15) is 9.36 Å². The first-order valence-electron chi connectivity index (χ1n) is 6.26. The Morgan fingerprint density at radius 3 is 2.22 bits per heavy atom. The lowest BCUT2D eigenvalue weighted by Crippen LogP contribution is -2.36. The Balaban J connectivity index is 2.19. The van der Waals surface area contributed by atoms with Crippen LogP contribution in [0.2, 0.25) is 0 Å². The first-order chi connectivity index (χ1) is 8.32. The molecule has 0 saturated carbocycles. The Bertz CT molecular complexity index is 373. The van der Waals surface area contributed by atoms with Crippen molar-refractivity contribution in [3.8, 4) is 0 Å². The minimum Gasteiger partial charge on any atom is -0.294 e. The highest BCUT2D eigenvalue weighted by Crippen LogP contribution is 2.60. The van der Waals surface area contributed by atoms with Gasteiger partial charge in [-0.3, -0.25) is 13.8 Å². The zero-order chi connectivity index (χ0) is 13.5. The topological polar surface area (TPSA) is 55.8 Å². The third-order valence-electron chi connectivity index (χ3n) is 2.79. The number of fused-ring (bicyclic) bond motifs is 2. The third kappa shape index (κ3) is 2.83. The van der Waals surface area contributed by atoms with E-state index in [-0.39, 0.29) is 28.6 Å². The summed E-state index contributed by atoms with van der Waals surface area (Å²) in [7, 11) is -3.36. The van der Waals surface area contributed by atoms with Crippen molar-refractivity contribution in [3.63, 3.8) is 0 Å². The number of thioether (sulfide) groups is 1. The largest absolute Gasteiger partial charge is 0.409 e. The van der Waals surface area contributed by atoms with Crippen LogP contribution in [0.4, 0.5) is 0 Å². The van der Waals surface area contributed by atoms with Crippen molar-refractivity contribution < 1.29 is 18.4 Å². The molecular weight excluding hydrogens is 273 g/mol. The predicted molar refractivity (Wildman–Crippen MR) is 71.5 cm³/mol. The molecule has 2 unspecified atom stereocenters. The second-order valence-electron chi connectivity index (χ2n) is 5.21. The van der Waals surface area contributed by atoms with Crippen molar-refractivity contribution >= 4 is 24.6 Å². The zero-order valence-electron chi connectivity index (χ0n) is 11.2. The second-order valence-corrected chi connectivity index (χ2v) is 8.39. The number of nitrogens with zero attached hydrogens (tertiary/aromatic N) is 1. The fraction of sp³-hybridized carbons (Fsp3) is 0.909. The van der Waals surface area contributed by atoms with E-state index in [1.54, 1.807) is 4.67 Å². The first-order valence-corrected chi connectivity index (χ1v) is 8.64. The van der Waals surface area contributed by atoms with Gasteiger partial charge in [0.05, 0.1) is 18.2 Å². The maximum absolute atomic E-state index is 12.9. The van der Waals surface area contributed by atoms with Crippen LogP contribution in [0.1, 0.15) is 34.1 Å². The fourth-order valence-electron chi connectivity index (χ4n) is 2.28. The van der Waals surface area contributed by atoms with E-state index in [0.29, 0.717) is 6.54 Å². The van der Waals surface area contributed by atoms with Crippen LogP contribution in [0.25, 0.3) is 0 Å². The van der Waals surface area contributed by atoms with Gasteiger partial charge in [0.25, 0.3) is 0 Å². The highest BCUT2D eigenvalue weighted by Gasteiger charge is 2.53. The Labute approximate surface area is 112 Å².